The molecule has 0 radical (unpaired) electrons. The first kappa shape index (κ1) is 20.7. The summed E-state index contributed by atoms with van der Waals surface area (Å²) in [5.74, 6) is -0.0292. The Morgan fingerprint density at radius 2 is 1.50 bits per heavy atom. The van der Waals surface area contributed by atoms with E-state index in [-0.39, 0.29) is 12.1 Å². The van der Waals surface area contributed by atoms with Gasteiger partial charge in [0.1, 0.15) is 0 Å². The highest BCUT2D eigenvalue weighted by Crippen LogP contribution is 2.12. The lowest BCUT2D eigenvalue weighted by Gasteiger charge is -2.13. The van der Waals surface area contributed by atoms with Crippen LogP contribution >= 0.6 is 0 Å². The number of carbonyl (C=O) groups is 1. The molecule has 0 aromatic heterocycles. The fraction of sp³-hybridized carbons (Fsp3) is 0.682. The molecule has 0 heterocycles. The van der Waals surface area contributed by atoms with Gasteiger partial charge in [0.15, 0.2) is 0 Å². The number of esters is 1. The summed E-state index contributed by atoms with van der Waals surface area (Å²) in [4.78, 5) is 11.8. The minimum Gasteiger partial charge on any atom is -0.463 e. The first-order valence-electron chi connectivity index (χ1n) is 9.95. The SMILES string of the molecule is CCCCCCCCCCCC(=O)O[C@H](C)CCc1ccccc1. The average molecular weight is 333 g/mol. The molecule has 24 heavy (non-hydrogen) atoms. The topological polar surface area (TPSA) is 26.3 Å². The summed E-state index contributed by atoms with van der Waals surface area (Å²) in [5.41, 5.74) is 1.30. The first-order valence-corrected chi connectivity index (χ1v) is 9.95. The molecule has 0 amide bonds. The van der Waals surface area contributed by atoms with Crippen molar-refractivity contribution in [1.29, 1.82) is 0 Å². The van der Waals surface area contributed by atoms with E-state index < -0.39 is 0 Å². The Labute approximate surface area is 149 Å². The number of rotatable bonds is 14. The third-order valence-corrected chi connectivity index (χ3v) is 4.50. The van der Waals surface area contributed by atoms with Gasteiger partial charge in [-0.3, -0.25) is 4.79 Å². The fourth-order valence-corrected chi connectivity index (χ4v) is 2.94. The van der Waals surface area contributed by atoms with Gasteiger partial charge in [-0.05, 0) is 31.7 Å². The molecule has 0 bridgehead atoms. The van der Waals surface area contributed by atoms with Crippen LogP contribution in [0.4, 0.5) is 0 Å². The Bertz CT molecular complexity index is 413. The number of aryl methyl sites for hydroxylation is 1. The zero-order chi connectivity index (χ0) is 17.5. The van der Waals surface area contributed by atoms with Crippen LogP contribution < -0.4 is 0 Å². The molecule has 136 valence electrons. The van der Waals surface area contributed by atoms with Gasteiger partial charge in [0.05, 0.1) is 6.10 Å². The van der Waals surface area contributed by atoms with E-state index in [4.69, 9.17) is 4.74 Å². The third kappa shape index (κ3) is 11.3. The molecular formula is C22H36O2. The van der Waals surface area contributed by atoms with E-state index in [1.54, 1.807) is 0 Å². The summed E-state index contributed by atoms with van der Waals surface area (Å²) in [6, 6.07) is 10.4. The average Bonchev–Trinajstić information content (AvgIpc) is 2.59. The molecular weight excluding hydrogens is 296 g/mol. The Morgan fingerprint density at radius 1 is 0.917 bits per heavy atom. The second-order valence-electron chi connectivity index (χ2n) is 6.90. The summed E-state index contributed by atoms with van der Waals surface area (Å²) in [7, 11) is 0. The zero-order valence-electron chi connectivity index (χ0n) is 15.8. The molecule has 0 N–H and O–H groups in total. The Morgan fingerprint density at radius 3 is 2.12 bits per heavy atom. The van der Waals surface area contributed by atoms with Crippen LogP contribution in [0.1, 0.15) is 90.0 Å². The summed E-state index contributed by atoms with van der Waals surface area (Å²) < 4.78 is 5.51. The summed E-state index contributed by atoms with van der Waals surface area (Å²) in [6.07, 6.45) is 13.9. The molecule has 2 nitrogen and oxygen atoms in total. The van der Waals surface area contributed by atoms with E-state index in [2.05, 4.69) is 31.2 Å². The molecule has 0 aliphatic rings. The third-order valence-electron chi connectivity index (χ3n) is 4.50. The lowest BCUT2D eigenvalue weighted by atomic mass is 10.1. The van der Waals surface area contributed by atoms with Gasteiger partial charge in [-0.2, -0.15) is 0 Å². The maximum absolute atomic E-state index is 11.8. The van der Waals surface area contributed by atoms with Crippen molar-refractivity contribution in [2.45, 2.75) is 97.0 Å². The van der Waals surface area contributed by atoms with Gasteiger partial charge in [0.2, 0.25) is 0 Å². The molecule has 1 rings (SSSR count). The van der Waals surface area contributed by atoms with Crippen molar-refractivity contribution in [3.63, 3.8) is 0 Å². The lowest BCUT2D eigenvalue weighted by Crippen LogP contribution is -2.15. The second-order valence-corrected chi connectivity index (χ2v) is 6.90. The molecule has 0 saturated heterocycles. The molecule has 0 fully saturated rings. The monoisotopic (exact) mass is 332 g/mol. The minimum absolute atomic E-state index is 0.0104. The summed E-state index contributed by atoms with van der Waals surface area (Å²) in [6.45, 7) is 4.25. The molecule has 1 aromatic carbocycles. The molecule has 0 aliphatic carbocycles. The van der Waals surface area contributed by atoms with Crippen LogP contribution in [0, 0.1) is 0 Å². The van der Waals surface area contributed by atoms with E-state index in [1.165, 1.54) is 50.5 Å². The number of ether oxygens (including phenoxy) is 1. The number of benzene rings is 1. The number of carbonyl (C=O) groups excluding carboxylic acids is 1. The number of hydrogen-bond acceptors (Lipinski definition) is 2. The van der Waals surface area contributed by atoms with E-state index >= 15 is 0 Å². The highest BCUT2D eigenvalue weighted by atomic mass is 16.5. The number of hydrogen-bond donors (Lipinski definition) is 0. The number of unbranched alkanes of at least 4 members (excludes halogenated alkanes) is 8. The predicted molar refractivity (Wildman–Crippen MR) is 102 cm³/mol. The summed E-state index contributed by atoms with van der Waals surface area (Å²) in [5, 5.41) is 0. The van der Waals surface area contributed by atoms with Crippen LogP contribution in [-0.4, -0.2) is 12.1 Å². The van der Waals surface area contributed by atoms with Crippen LogP contribution in [0.15, 0.2) is 30.3 Å². The Balaban J connectivity index is 1.95. The first-order chi connectivity index (χ1) is 11.7. The maximum atomic E-state index is 11.8. The van der Waals surface area contributed by atoms with Crippen LogP contribution in [0.3, 0.4) is 0 Å². The van der Waals surface area contributed by atoms with Crippen molar-refractivity contribution < 1.29 is 9.53 Å². The van der Waals surface area contributed by atoms with E-state index in [0.717, 1.165) is 25.7 Å². The molecule has 0 saturated carbocycles. The molecule has 0 spiro atoms. The van der Waals surface area contributed by atoms with Crippen molar-refractivity contribution >= 4 is 5.97 Å². The normalized spacial score (nSPS) is 12.1. The quantitative estimate of drug-likeness (QED) is 0.288. The molecule has 0 unspecified atom stereocenters. The fourth-order valence-electron chi connectivity index (χ4n) is 2.94. The van der Waals surface area contributed by atoms with E-state index in [0.29, 0.717) is 6.42 Å². The van der Waals surface area contributed by atoms with Crippen molar-refractivity contribution in [3.8, 4) is 0 Å². The van der Waals surface area contributed by atoms with Gasteiger partial charge >= 0.3 is 5.97 Å². The zero-order valence-corrected chi connectivity index (χ0v) is 15.8. The van der Waals surface area contributed by atoms with Crippen molar-refractivity contribution in [3.05, 3.63) is 35.9 Å². The van der Waals surface area contributed by atoms with Gasteiger partial charge in [-0.1, -0.05) is 88.6 Å². The van der Waals surface area contributed by atoms with Gasteiger partial charge in [-0.25, -0.2) is 0 Å². The van der Waals surface area contributed by atoms with E-state index in [1.807, 2.05) is 13.0 Å². The summed E-state index contributed by atoms with van der Waals surface area (Å²) >= 11 is 0. The van der Waals surface area contributed by atoms with Crippen LogP contribution in [-0.2, 0) is 16.0 Å². The lowest BCUT2D eigenvalue weighted by molar-refractivity contribution is -0.148. The minimum atomic E-state index is -0.0292. The predicted octanol–water partition coefficient (Wildman–Crippen LogP) is 6.47. The molecule has 1 aromatic rings. The highest BCUT2D eigenvalue weighted by Gasteiger charge is 2.09. The standard InChI is InChI=1S/C22H36O2/c1-3-4-5-6-7-8-9-10-14-17-22(23)24-20(2)18-19-21-15-12-11-13-16-21/h11-13,15-16,20H,3-10,14,17-19H2,1-2H3/t20-/m1/s1. The Hall–Kier alpha value is -1.31. The smallest absolute Gasteiger partial charge is 0.306 e. The van der Waals surface area contributed by atoms with Crippen molar-refractivity contribution in [1.82, 2.24) is 0 Å². The molecule has 1 atom stereocenters. The van der Waals surface area contributed by atoms with Crippen molar-refractivity contribution in [2.24, 2.45) is 0 Å². The molecule has 2 heteroatoms. The van der Waals surface area contributed by atoms with Crippen molar-refractivity contribution in [2.75, 3.05) is 0 Å². The van der Waals surface area contributed by atoms with Crippen LogP contribution in [0.5, 0.6) is 0 Å². The van der Waals surface area contributed by atoms with Crippen LogP contribution in [0.25, 0.3) is 0 Å². The highest BCUT2D eigenvalue weighted by molar-refractivity contribution is 5.69. The molecule has 0 aliphatic heterocycles. The van der Waals surface area contributed by atoms with Gasteiger partial charge in [0, 0.05) is 6.42 Å². The Kier molecular flexibility index (Phi) is 12.2. The second kappa shape index (κ2) is 14.1. The van der Waals surface area contributed by atoms with E-state index in [9.17, 15) is 4.79 Å². The van der Waals surface area contributed by atoms with Gasteiger partial charge < -0.3 is 4.74 Å². The van der Waals surface area contributed by atoms with Gasteiger partial charge in [0.25, 0.3) is 0 Å². The van der Waals surface area contributed by atoms with Gasteiger partial charge in [-0.15, -0.1) is 0 Å². The maximum Gasteiger partial charge on any atom is 0.306 e. The largest absolute Gasteiger partial charge is 0.463 e. The van der Waals surface area contributed by atoms with Crippen LogP contribution in [0.2, 0.25) is 0 Å².